The van der Waals surface area contributed by atoms with Crippen LogP contribution in [0.5, 0.6) is 0 Å². The van der Waals surface area contributed by atoms with Gasteiger partial charge >= 0.3 is 0 Å². The van der Waals surface area contributed by atoms with E-state index in [4.69, 9.17) is 5.11 Å². The van der Waals surface area contributed by atoms with Gasteiger partial charge in [0.15, 0.2) is 0 Å². The Hall–Kier alpha value is 0.0500. The van der Waals surface area contributed by atoms with E-state index in [1.807, 2.05) is 0 Å². The highest BCUT2D eigenvalue weighted by Gasteiger charge is 2.14. The molecule has 1 rings (SSSR count). The minimum atomic E-state index is -3.42. The molecule has 0 fully saturated rings. The van der Waals surface area contributed by atoms with Gasteiger partial charge in [-0.25, -0.2) is 13.1 Å². The standard InChI is InChI=1S/C6H8BrNO3S2/c7-5-1-2-6(12-5)13(10,11)8-3-4-9/h1-2,8-9H,3-4H2. The van der Waals surface area contributed by atoms with E-state index in [9.17, 15) is 8.42 Å². The van der Waals surface area contributed by atoms with E-state index in [0.717, 1.165) is 15.1 Å². The van der Waals surface area contributed by atoms with Crippen LogP contribution in [-0.4, -0.2) is 26.7 Å². The van der Waals surface area contributed by atoms with Crippen molar-refractivity contribution in [3.8, 4) is 0 Å². The fourth-order valence-electron chi connectivity index (χ4n) is 0.693. The first-order valence-electron chi connectivity index (χ1n) is 3.42. The van der Waals surface area contributed by atoms with Gasteiger partial charge in [-0.05, 0) is 28.1 Å². The Labute approximate surface area is 88.8 Å². The second-order valence-electron chi connectivity index (χ2n) is 2.18. The van der Waals surface area contributed by atoms with Gasteiger partial charge in [0.2, 0.25) is 10.0 Å². The molecule has 0 saturated carbocycles. The average Bonchev–Trinajstić information content (AvgIpc) is 2.49. The van der Waals surface area contributed by atoms with Gasteiger partial charge in [0.05, 0.1) is 10.4 Å². The van der Waals surface area contributed by atoms with Crippen molar-refractivity contribution in [2.24, 2.45) is 0 Å². The third kappa shape index (κ3) is 3.03. The van der Waals surface area contributed by atoms with E-state index in [2.05, 4.69) is 20.7 Å². The maximum atomic E-state index is 11.4. The van der Waals surface area contributed by atoms with Crippen LogP contribution < -0.4 is 4.72 Å². The number of hydrogen-bond acceptors (Lipinski definition) is 4. The molecule has 1 aromatic rings. The highest BCUT2D eigenvalue weighted by molar-refractivity contribution is 9.11. The topological polar surface area (TPSA) is 66.4 Å². The van der Waals surface area contributed by atoms with Crippen LogP contribution in [0.1, 0.15) is 0 Å². The number of sulfonamides is 1. The molecule has 0 radical (unpaired) electrons. The Kier molecular flexibility index (Phi) is 3.87. The Morgan fingerprint density at radius 3 is 2.69 bits per heavy atom. The molecule has 0 unspecified atom stereocenters. The van der Waals surface area contributed by atoms with Gasteiger partial charge in [-0.2, -0.15) is 0 Å². The van der Waals surface area contributed by atoms with Crippen molar-refractivity contribution in [3.63, 3.8) is 0 Å². The normalized spacial score (nSPS) is 11.8. The molecule has 0 aliphatic rings. The van der Waals surface area contributed by atoms with Crippen molar-refractivity contribution < 1.29 is 13.5 Å². The van der Waals surface area contributed by atoms with E-state index in [-0.39, 0.29) is 17.4 Å². The molecule has 0 amide bonds. The summed E-state index contributed by atoms with van der Waals surface area (Å²) in [5.41, 5.74) is 0. The maximum Gasteiger partial charge on any atom is 0.250 e. The molecular weight excluding hydrogens is 278 g/mol. The van der Waals surface area contributed by atoms with Gasteiger partial charge in [0, 0.05) is 6.54 Å². The van der Waals surface area contributed by atoms with E-state index in [1.54, 1.807) is 6.07 Å². The average molecular weight is 286 g/mol. The van der Waals surface area contributed by atoms with E-state index < -0.39 is 10.0 Å². The van der Waals surface area contributed by atoms with Crippen molar-refractivity contribution in [2.45, 2.75) is 4.21 Å². The van der Waals surface area contributed by atoms with Gasteiger partial charge in [0.1, 0.15) is 4.21 Å². The van der Waals surface area contributed by atoms with Crippen LogP contribution in [0.3, 0.4) is 0 Å². The first-order chi connectivity index (χ1) is 6.06. The number of halogens is 1. The number of aliphatic hydroxyl groups is 1. The maximum absolute atomic E-state index is 11.4. The van der Waals surface area contributed by atoms with Crippen molar-refractivity contribution in [1.29, 1.82) is 0 Å². The first kappa shape index (κ1) is 11.1. The molecule has 1 heterocycles. The summed E-state index contributed by atoms with van der Waals surface area (Å²) in [5, 5.41) is 8.45. The van der Waals surface area contributed by atoms with Crippen LogP contribution in [0.4, 0.5) is 0 Å². The fourth-order valence-corrected chi connectivity index (χ4v) is 3.77. The van der Waals surface area contributed by atoms with E-state index in [1.165, 1.54) is 6.07 Å². The minimum Gasteiger partial charge on any atom is -0.395 e. The summed E-state index contributed by atoms with van der Waals surface area (Å²) in [6.45, 7) is -0.163. The molecule has 0 bridgehead atoms. The third-order valence-electron chi connectivity index (χ3n) is 1.22. The zero-order valence-corrected chi connectivity index (χ0v) is 9.75. The lowest BCUT2D eigenvalue weighted by Crippen LogP contribution is -2.25. The number of aliphatic hydroxyl groups excluding tert-OH is 1. The number of hydrogen-bond donors (Lipinski definition) is 2. The molecule has 13 heavy (non-hydrogen) atoms. The monoisotopic (exact) mass is 285 g/mol. The van der Waals surface area contributed by atoms with Gasteiger partial charge < -0.3 is 5.11 Å². The summed E-state index contributed by atoms with van der Waals surface area (Å²) >= 11 is 4.30. The molecule has 7 heteroatoms. The molecule has 0 aliphatic heterocycles. The SMILES string of the molecule is O=S(=O)(NCCO)c1ccc(Br)s1. The third-order valence-corrected chi connectivity index (χ3v) is 4.79. The minimum absolute atomic E-state index is 0.0395. The molecule has 0 saturated heterocycles. The summed E-state index contributed by atoms with van der Waals surface area (Å²) in [4.78, 5) is 0. The zero-order valence-electron chi connectivity index (χ0n) is 6.53. The molecule has 0 aliphatic carbocycles. The Bertz CT molecular complexity index is 373. The van der Waals surface area contributed by atoms with E-state index >= 15 is 0 Å². The first-order valence-corrected chi connectivity index (χ1v) is 6.51. The van der Waals surface area contributed by atoms with Gasteiger partial charge in [0.25, 0.3) is 0 Å². The fraction of sp³-hybridized carbons (Fsp3) is 0.333. The second kappa shape index (κ2) is 4.52. The Morgan fingerprint density at radius 2 is 2.23 bits per heavy atom. The summed E-state index contributed by atoms with van der Waals surface area (Å²) in [6, 6.07) is 3.17. The van der Waals surface area contributed by atoms with Crippen LogP contribution in [0.2, 0.25) is 0 Å². The summed E-state index contributed by atoms with van der Waals surface area (Å²) in [7, 11) is -3.42. The van der Waals surface area contributed by atoms with Crippen LogP contribution >= 0.6 is 27.3 Å². The van der Waals surface area contributed by atoms with Crippen LogP contribution in [-0.2, 0) is 10.0 Å². The predicted octanol–water partition coefficient (Wildman–Crippen LogP) is 0.781. The lowest BCUT2D eigenvalue weighted by molar-refractivity contribution is 0.301. The molecule has 0 spiro atoms. The quantitative estimate of drug-likeness (QED) is 0.859. The van der Waals surface area contributed by atoms with E-state index in [0.29, 0.717) is 0 Å². The van der Waals surface area contributed by atoms with Crippen molar-refractivity contribution in [1.82, 2.24) is 4.72 Å². The number of rotatable bonds is 4. The van der Waals surface area contributed by atoms with Crippen LogP contribution in [0.25, 0.3) is 0 Å². The molecule has 4 nitrogen and oxygen atoms in total. The number of thiophene rings is 1. The smallest absolute Gasteiger partial charge is 0.250 e. The summed E-state index contributed by atoms with van der Waals surface area (Å²) in [5.74, 6) is 0. The molecule has 0 atom stereocenters. The second-order valence-corrected chi connectivity index (χ2v) is 6.64. The molecule has 74 valence electrons. The highest BCUT2D eigenvalue weighted by atomic mass is 79.9. The predicted molar refractivity (Wildman–Crippen MR) is 54.3 cm³/mol. The zero-order chi connectivity index (χ0) is 9.90. The molecule has 2 N–H and O–H groups in total. The highest BCUT2D eigenvalue weighted by Crippen LogP contribution is 2.25. The molecular formula is C6H8BrNO3S2. The molecule has 0 aromatic carbocycles. The van der Waals surface area contributed by atoms with Gasteiger partial charge in [-0.1, -0.05) is 0 Å². The van der Waals surface area contributed by atoms with Crippen molar-refractivity contribution >= 4 is 37.3 Å². The van der Waals surface area contributed by atoms with Crippen molar-refractivity contribution in [2.75, 3.05) is 13.2 Å². The lowest BCUT2D eigenvalue weighted by Gasteiger charge is -2.00. The lowest BCUT2D eigenvalue weighted by atomic mass is 10.7. The Morgan fingerprint density at radius 1 is 1.54 bits per heavy atom. The summed E-state index contributed by atoms with van der Waals surface area (Å²) in [6.07, 6.45) is 0. The number of nitrogens with one attached hydrogen (secondary N) is 1. The summed E-state index contributed by atoms with van der Waals surface area (Å²) < 4.78 is 26.0. The Balaban J connectivity index is 2.82. The van der Waals surface area contributed by atoms with Gasteiger partial charge in [-0.3, -0.25) is 0 Å². The van der Waals surface area contributed by atoms with Crippen LogP contribution in [0, 0.1) is 0 Å². The van der Waals surface area contributed by atoms with Crippen LogP contribution in [0.15, 0.2) is 20.1 Å². The largest absolute Gasteiger partial charge is 0.395 e. The van der Waals surface area contributed by atoms with Crippen molar-refractivity contribution in [3.05, 3.63) is 15.9 Å². The molecule has 1 aromatic heterocycles. The van der Waals surface area contributed by atoms with Gasteiger partial charge in [-0.15, -0.1) is 11.3 Å².